The fourth-order valence-corrected chi connectivity index (χ4v) is 5.87. The number of carbonyl (C=O) groups is 1. The van der Waals surface area contributed by atoms with Gasteiger partial charge in [-0.25, -0.2) is 4.98 Å². The molecule has 0 radical (unpaired) electrons. The molecule has 2 aromatic heterocycles. The van der Waals surface area contributed by atoms with E-state index in [2.05, 4.69) is 16.0 Å². The summed E-state index contributed by atoms with van der Waals surface area (Å²) in [5, 5.41) is 2.98. The number of fused-ring (bicyclic) bond motifs is 4. The minimum atomic E-state index is 0.159. The highest BCUT2D eigenvalue weighted by molar-refractivity contribution is 7.09. The molecule has 6 nitrogen and oxygen atoms in total. The lowest BCUT2D eigenvalue weighted by Crippen LogP contribution is -2.50. The van der Waals surface area contributed by atoms with Crippen LogP contribution in [0.1, 0.15) is 47.1 Å². The van der Waals surface area contributed by atoms with Gasteiger partial charge in [-0.2, -0.15) is 0 Å². The van der Waals surface area contributed by atoms with Crippen LogP contribution in [0.5, 0.6) is 0 Å². The number of carbonyl (C=O) groups excluding carboxylic acids is 1. The van der Waals surface area contributed by atoms with Crippen molar-refractivity contribution < 1.29 is 4.79 Å². The van der Waals surface area contributed by atoms with Crippen LogP contribution in [-0.4, -0.2) is 51.4 Å². The molecule has 29 heavy (non-hydrogen) atoms. The van der Waals surface area contributed by atoms with E-state index >= 15 is 0 Å². The van der Waals surface area contributed by atoms with Gasteiger partial charge in [0.15, 0.2) is 0 Å². The lowest BCUT2D eigenvalue weighted by molar-refractivity contribution is -0.133. The third kappa shape index (κ3) is 3.78. The van der Waals surface area contributed by atoms with Gasteiger partial charge in [-0.3, -0.25) is 14.5 Å². The smallest absolute Gasteiger partial charge is 0.255 e. The van der Waals surface area contributed by atoms with Crippen molar-refractivity contribution in [2.24, 2.45) is 5.92 Å². The average Bonchev–Trinajstić information content (AvgIpc) is 3.36. The number of nitrogens with zero attached hydrogens (tertiary/aromatic N) is 4. The second kappa shape index (κ2) is 7.69. The number of amides is 1. The summed E-state index contributed by atoms with van der Waals surface area (Å²) < 4.78 is 2.01. The van der Waals surface area contributed by atoms with Crippen LogP contribution in [-0.2, 0) is 24.3 Å². The number of aromatic nitrogens is 2. The third-order valence-electron chi connectivity index (χ3n) is 6.63. The fourth-order valence-electron chi connectivity index (χ4n) is 5.25. The quantitative estimate of drug-likeness (QED) is 0.774. The molecular formula is C22H28N4O2S. The maximum absolute atomic E-state index is 13.1. The number of pyridine rings is 1. The summed E-state index contributed by atoms with van der Waals surface area (Å²) in [5.41, 5.74) is 3.08. The minimum absolute atomic E-state index is 0.159. The van der Waals surface area contributed by atoms with Crippen molar-refractivity contribution in [3.63, 3.8) is 0 Å². The Kier molecular flexibility index (Phi) is 5.04. The van der Waals surface area contributed by atoms with Gasteiger partial charge in [-0.1, -0.05) is 6.07 Å². The molecule has 1 amide bonds. The van der Waals surface area contributed by atoms with Crippen LogP contribution >= 0.6 is 11.3 Å². The van der Waals surface area contributed by atoms with Gasteiger partial charge in [0.25, 0.3) is 5.56 Å². The van der Waals surface area contributed by atoms with E-state index in [4.69, 9.17) is 0 Å². The van der Waals surface area contributed by atoms with E-state index in [1.807, 2.05) is 27.8 Å². The standard InChI is InChI=1S/C22H28N4O2S/c1-15-23-19(14-29-15)9-21(27)25-10-16-8-18(13-25)20-5-4-17(22(28)26(20)11-16)12-24-6-2-3-7-24/h4-5,14,16,18H,2-3,6-13H2,1H3/t16-,18+/m0/s1. The molecule has 2 atom stereocenters. The Bertz CT molecular complexity index is 975. The Morgan fingerprint density at radius 2 is 2.03 bits per heavy atom. The number of hydrogen-bond donors (Lipinski definition) is 0. The lowest BCUT2D eigenvalue weighted by Gasteiger charge is -2.43. The van der Waals surface area contributed by atoms with Gasteiger partial charge in [-0.15, -0.1) is 11.3 Å². The van der Waals surface area contributed by atoms with Gasteiger partial charge in [0.05, 0.1) is 17.1 Å². The Morgan fingerprint density at radius 1 is 1.21 bits per heavy atom. The number of piperidine rings is 1. The Labute approximate surface area is 175 Å². The van der Waals surface area contributed by atoms with Crippen LogP contribution in [0.2, 0.25) is 0 Å². The Balaban J connectivity index is 1.33. The monoisotopic (exact) mass is 412 g/mol. The molecule has 0 spiro atoms. The van der Waals surface area contributed by atoms with Crippen LogP contribution in [0.4, 0.5) is 0 Å². The van der Waals surface area contributed by atoms with Crippen molar-refractivity contribution in [1.82, 2.24) is 19.4 Å². The molecule has 2 aromatic rings. The van der Waals surface area contributed by atoms with Gasteiger partial charge in [-0.05, 0) is 51.3 Å². The number of likely N-dealkylation sites (tertiary alicyclic amines) is 2. The van der Waals surface area contributed by atoms with Gasteiger partial charge in [0.1, 0.15) is 0 Å². The Morgan fingerprint density at radius 3 is 2.79 bits per heavy atom. The topological polar surface area (TPSA) is 58.4 Å². The molecule has 0 aliphatic carbocycles. The molecule has 2 bridgehead atoms. The summed E-state index contributed by atoms with van der Waals surface area (Å²) in [6.45, 7) is 7.13. The molecule has 0 N–H and O–H groups in total. The molecular weight excluding hydrogens is 384 g/mol. The first-order valence-electron chi connectivity index (χ1n) is 10.7. The van der Waals surface area contributed by atoms with Crippen LogP contribution < -0.4 is 5.56 Å². The van der Waals surface area contributed by atoms with E-state index in [0.29, 0.717) is 18.9 Å². The number of rotatable bonds is 4. The Hall–Kier alpha value is -1.99. The van der Waals surface area contributed by atoms with Crippen LogP contribution in [0, 0.1) is 12.8 Å². The summed E-state index contributed by atoms with van der Waals surface area (Å²) in [4.78, 5) is 34.8. The molecule has 3 aliphatic heterocycles. The maximum atomic E-state index is 13.1. The van der Waals surface area contributed by atoms with Crippen molar-refractivity contribution in [2.75, 3.05) is 26.2 Å². The summed E-state index contributed by atoms with van der Waals surface area (Å²) in [6, 6.07) is 4.18. The van der Waals surface area contributed by atoms with E-state index < -0.39 is 0 Å². The van der Waals surface area contributed by atoms with Crippen molar-refractivity contribution in [1.29, 1.82) is 0 Å². The molecule has 0 saturated carbocycles. The molecule has 154 valence electrons. The minimum Gasteiger partial charge on any atom is -0.341 e. The fraction of sp³-hybridized carbons (Fsp3) is 0.591. The molecule has 5 heterocycles. The van der Waals surface area contributed by atoms with Crippen molar-refractivity contribution in [3.8, 4) is 0 Å². The zero-order valence-corrected chi connectivity index (χ0v) is 17.8. The summed E-state index contributed by atoms with van der Waals surface area (Å²) in [7, 11) is 0. The molecule has 0 unspecified atom stereocenters. The zero-order valence-electron chi connectivity index (χ0n) is 17.0. The zero-order chi connectivity index (χ0) is 20.0. The molecule has 0 aromatic carbocycles. The highest BCUT2D eigenvalue weighted by Gasteiger charge is 2.36. The third-order valence-corrected chi connectivity index (χ3v) is 7.45. The normalized spacial score (nSPS) is 24.0. The highest BCUT2D eigenvalue weighted by Crippen LogP contribution is 2.35. The second-order valence-corrected chi connectivity index (χ2v) is 9.88. The first-order chi connectivity index (χ1) is 14.1. The van der Waals surface area contributed by atoms with E-state index in [1.54, 1.807) is 11.3 Å². The van der Waals surface area contributed by atoms with E-state index in [-0.39, 0.29) is 17.4 Å². The lowest BCUT2D eigenvalue weighted by atomic mass is 9.82. The van der Waals surface area contributed by atoms with Gasteiger partial charge >= 0.3 is 0 Å². The second-order valence-electron chi connectivity index (χ2n) is 8.81. The number of thiazole rings is 1. The van der Waals surface area contributed by atoms with Crippen LogP contribution in [0.15, 0.2) is 22.3 Å². The average molecular weight is 413 g/mol. The van der Waals surface area contributed by atoms with Gasteiger partial charge < -0.3 is 9.47 Å². The maximum Gasteiger partial charge on any atom is 0.255 e. The summed E-state index contributed by atoms with van der Waals surface area (Å²) in [5.74, 6) is 0.783. The number of hydrogen-bond acceptors (Lipinski definition) is 5. The van der Waals surface area contributed by atoms with Crippen molar-refractivity contribution >= 4 is 17.2 Å². The first kappa shape index (κ1) is 19.0. The van der Waals surface area contributed by atoms with Gasteiger partial charge in [0, 0.05) is 48.7 Å². The van der Waals surface area contributed by atoms with E-state index in [9.17, 15) is 9.59 Å². The molecule has 5 rings (SSSR count). The van der Waals surface area contributed by atoms with Gasteiger partial charge in [0.2, 0.25) is 5.91 Å². The van der Waals surface area contributed by atoms with E-state index in [0.717, 1.165) is 61.1 Å². The summed E-state index contributed by atoms with van der Waals surface area (Å²) >= 11 is 1.59. The predicted molar refractivity (Wildman–Crippen MR) is 113 cm³/mol. The molecule has 7 heteroatoms. The first-order valence-corrected chi connectivity index (χ1v) is 11.6. The van der Waals surface area contributed by atoms with E-state index in [1.165, 1.54) is 12.8 Å². The SMILES string of the molecule is Cc1nc(CC(=O)N2C[C@@H]3C[C@H](C2)c2ccc(CN4CCCC4)c(=O)n2C3)cs1. The molecule has 3 aliphatic rings. The predicted octanol–water partition coefficient (Wildman–Crippen LogP) is 2.40. The highest BCUT2D eigenvalue weighted by atomic mass is 32.1. The summed E-state index contributed by atoms with van der Waals surface area (Å²) in [6.07, 6.45) is 3.93. The molecule has 2 fully saturated rings. The molecule has 2 saturated heterocycles. The van der Waals surface area contributed by atoms with Crippen LogP contribution in [0.25, 0.3) is 0 Å². The van der Waals surface area contributed by atoms with Crippen molar-refractivity contribution in [3.05, 3.63) is 49.8 Å². The van der Waals surface area contributed by atoms with Crippen LogP contribution in [0.3, 0.4) is 0 Å². The largest absolute Gasteiger partial charge is 0.341 e. The number of aryl methyl sites for hydroxylation is 1. The van der Waals surface area contributed by atoms with Crippen molar-refractivity contribution in [2.45, 2.75) is 51.6 Å².